The third-order valence-corrected chi connectivity index (χ3v) is 4.64. The Labute approximate surface area is 159 Å². The molecule has 0 aliphatic rings. The number of aromatic nitrogens is 4. The van der Waals surface area contributed by atoms with Gasteiger partial charge in [-0.15, -0.1) is 5.10 Å². The normalized spacial score (nSPS) is 11.7. The summed E-state index contributed by atoms with van der Waals surface area (Å²) < 4.78 is 2.26. The van der Waals surface area contributed by atoms with Crippen LogP contribution in [0.15, 0.2) is 46.2 Å². The largest absolute Gasteiger partial charge is 0.367 e. The number of halogens is 1. The smallest absolute Gasteiger partial charge is 0.323 e. The van der Waals surface area contributed by atoms with Crippen LogP contribution < -0.4 is 11.0 Å². The molecule has 0 bridgehead atoms. The molecule has 1 aromatic carbocycles. The molecule has 26 heavy (non-hydrogen) atoms. The Morgan fingerprint density at radius 3 is 2.62 bits per heavy atom. The Balaban J connectivity index is 1.82. The van der Waals surface area contributed by atoms with Gasteiger partial charge in [-0.25, -0.2) is 9.48 Å². The lowest BCUT2D eigenvalue weighted by Gasteiger charge is -2.16. The number of rotatable bonds is 4. The summed E-state index contributed by atoms with van der Waals surface area (Å²) in [5.41, 5.74) is 0.405. The summed E-state index contributed by atoms with van der Waals surface area (Å²) in [6, 6.07) is 10.4. The molecule has 1 amide bonds. The molecule has 0 aliphatic heterocycles. The number of hydrogen-bond donors (Lipinski definition) is 1. The highest BCUT2D eigenvalue weighted by molar-refractivity contribution is 8.00. The molecule has 3 rings (SSSR count). The lowest BCUT2D eigenvalue weighted by atomic mass is 10.3. The number of carbonyl (C=O) groups is 1. The summed E-state index contributed by atoms with van der Waals surface area (Å²) in [6.07, 6.45) is 0. The molecule has 1 N–H and O–H groups in total. The maximum atomic E-state index is 12.5. The predicted octanol–water partition coefficient (Wildman–Crippen LogP) is 3.07. The van der Waals surface area contributed by atoms with Crippen LogP contribution in [0.1, 0.15) is 20.8 Å². The molecule has 0 unspecified atom stereocenters. The highest BCUT2D eigenvalue weighted by Crippen LogP contribution is 2.29. The minimum atomic E-state index is -0.467. The molecule has 136 valence electrons. The summed E-state index contributed by atoms with van der Waals surface area (Å²) in [7, 11) is 0. The molecule has 7 nitrogen and oxygen atoms in total. The number of amides is 1. The lowest BCUT2D eigenvalue weighted by molar-refractivity contribution is -0.117. The molecule has 0 fully saturated rings. The van der Waals surface area contributed by atoms with Crippen molar-refractivity contribution in [2.24, 2.45) is 0 Å². The van der Waals surface area contributed by atoms with Crippen molar-refractivity contribution in [3.05, 3.63) is 51.9 Å². The van der Waals surface area contributed by atoms with E-state index in [0.29, 0.717) is 21.4 Å². The van der Waals surface area contributed by atoms with Gasteiger partial charge in [0.1, 0.15) is 11.6 Å². The average molecular weight is 392 g/mol. The zero-order valence-electron chi connectivity index (χ0n) is 14.6. The van der Waals surface area contributed by atoms with Gasteiger partial charge in [0.25, 0.3) is 0 Å². The lowest BCUT2D eigenvalue weighted by Crippen LogP contribution is -2.29. The number of carbonyl (C=O) groups excluding carboxylic acids is 1. The Kier molecular flexibility index (Phi) is 5.06. The van der Waals surface area contributed by atoms with Gasteiger partial charge in [-0.2, -0.15) is 9.61 Å². The van der Waals surface area contributed by atoms with Gasteiger partial charge in [0, 0.05) is 4.75 Å². The van der Waals surface area contributed by atoms with Crippen molar-refractivity contribution in [2.45, 2.75) is 37.1 Å². The van der Waals surface area contributed by atoms with Crippen molar-refractivity contribution in [2.75, 3.05) is 5.32 Å². The first-order chi connectivity index (χ1) is 12.2. The molecule has 0 spiro atoms. The fraction of sp³-hybridized carbons (Fsp3) is 0.294. The minimum absolute atomic E-state index is 0.0326. The standard InChI is InChI=1S/C17H18ClN5O2S/c1-17(2,3)26-15-9-8-13-20-22(16(25)23(13)21-15)10-14(24)19-12-7-5-4-6-11(12)18/h4-9H,10H2,1-3H3,(H,19,24). The van der Waals surface area contributed by atoms with E-state index in [4.69, 9.17) is 11.6 Å². The zero-order chi connectivity index (χ0) is 18.9. The van der Waals surface area contributed by atoms with E-state index in [9.17, 15) is 9.59 Å². The van der Waals surface area contributed by atoms with E-state index in [0.717, 1.165) is 4.68 Å². The second kappa shape index (κ2) is 7.13. The highest BCUT2D eigenvalue weighted by Gasteiger charge is 2.16. The van der Waals surface area contributed by atoms with Crippen LogP contribution in [0.2, 0.25) is 5.02 Å². The number of anilines is 1. The zero-order valence-corrected chi connectivity index (χ0v) is 16.1. The van der Waals surface area contributed by atoms with Gasteiger partial charge < -0.3 is 5.32 Å². The van der Waals surface area contributed by atoms with Crippen LogP contribution in [0.5, 0.6) is 0 Å². The van der Waals surface area contributed by atoms with E-state index in [1.807, 2.05) is 6.07 Å². The third kappa shape index (κ3) is 4.25. The predicted molar refractivity (Wildman–Crippen MR) is 103 cm³/mol. The fourth-order valence-electron chi connectivity index (χ4n) is 2.25. The van der Waals surface area contributed by atoms with Crippen LogP contribution in [-0.4, -0.2) is 30.0 Å². The van der Waals surface area contributed by atoms with E-state index in [2.05, 4.69) is 36.3 Å². The van der Waals surface area contributed by atoms with Crippen LogP contribution in [0.25, 0.3) is 5.65 Å². The Hall–Kier alpha value is -2.32. The number of benzene rings is 1. The van der Waals surface area contributed by atoms with Gasteiger partial charge in [-0.05, 0) is 24.3 Å². The molecule has 0 aliphatic carbocycles. The van der Waals surface area contributed by atoms with Gasteiger partial charge in [-0.3, -0.25) is 4.79 Å². The molecule has 0 saturated carbocycles. The number of nitrogens with zero attached hydrogens (tertiary/aromatic N) is 4. The van der Waals surface area contributed by atoms with Crippen molar-refractivity contribution in [1.82, 2.24) is 19.4 Å². The van der Waals surface area contributed by atoms with Crippen LogP contribution in [-0.2, 0) is 11.3 Å². The minimum Gasteiger partial charge on any atom is -0.323 e. The highest BCUT2D eigenvalue weighted by atomic mass is 35.5. The Morgan fingerprint density at radius 2 is 1.92 bits per heavy atom. The molecule has 0 saturated heterocycles. The molecule has 3 aromatic rings. The number of thioether (sulfide) groups is 1. The molecule has 0 atom stereocenters. The summed E-state index contributed by atoms with van der Waals surface area (Å²) in [5.74, 6) is -0.395. The van der Waals surface area contributed by atoms with Crippen molar-refractivity contribution in [3.8, 4) is 0 Å². The van der Waals surface area contributed by atoms with Gasteiger partial charge >= 0.3 is 5.69 Å². The molecule has 2 aromatic heterocycles. The van der Waals surface area contributed by atoms with E-state index in [1.54, 1.807) is 42.1 Å². The quantitative estimate of drug-likeness (QED) is 0.691. The summed E-state index contributed by atoms with van der Waals surface area (Å²) in [4.78, 5) is 24.7. The summed E-state index contributed by atoms with van der Waals surface area (Å²) in [6.45, 7) is 5.97. The van der Waals surface area contributed by atoms with Gasteiger partial charge in [-0.1, -0.05) is 56.3 Å². The molecule has 9 heteroatoms. The van der Waals surface area contributed by atoms with Gasteiger partial charge in [0.2, 0.25) is 5.91 Å². The molecule has 2 heterocycles. The number of para-hydroxylation sites is 1. The van der Waals surface area contributed by atoms with E-state index >= 15 is 0 Å². The van der Waals surface area contributed by atoms with Crippen molar-refractivity contribution in [3.63, 3.8) is 0 Å². The monoisotopic (exact) mass is 391 g/mol. The molecular weight excluding hydrogens is 374 g/mol. The maximum absolute atomic E-state index is 12.5. The number of hydrogen-bond acceptors (Lipinski definition) is 5. The van der Waals surface area contributed by atoms with E-state index in [-0.39, 0.29) is 11.3 Å². The second-order valence-electron chi connectivity index (χ2n) is 6.62. The number of fused-ring (bicyclic) bond motifs is 1. The summed E-state index contributed by atoms with van der Waals surface area (Å²) in [5, 5.41) is 12.3. The van der Waals surface area contributed by atoms with Crippen LogP contribution in [0.3, 0.4) is 0 Å². The SMILES string of the molecule is CC(C)(C)Sc1ccc2nn(CC(=O)Nc3ccccc3Cl)c(=O)n2n1. The molecular formula is C17H18ClN5O2S. The first kappa shape index (κ1) is 18.5. The Morgan fingerprint density at radius 1 is 1.19 bits per heavy atom. The van der Waals surface area contributed by atoms with Crippen molar-refractivity contribution >= 4 is 40.6 Å². The Bertz CT molecular complexity index is 1020. The fourth-order valence-corrected chi connectivity index (χ4v) is 3.32. The average Bonchev–Trinajstić information content (AvgIpc) is 2.84. The van der Waals surface area contributed by atoms with Crippen molar-refractivity contribution in [1.29, 1.82) is 0 Å². The van der Waals surface area contributed by atoms with Crippen LogP contribution >= 0.6 is 23.4 Å². The second-order valence-corrected chi connectivity index (χ2v) is 8.88. The summed E-state index contributed by atoms with van der Waals surface area (Å²) >= 11 is 7.57. The first-order valence-corrected chi connectivity index (χ1v) is 9.13. The third-order valence-electron chi connectivity index (χ3n) is 3.27. The molecule has 0 radical (unpaired) electrons. The van der Waals surface area contributed by atoms with Crippen LogP contribution in [0.4, 0.5) is 5.69 Å². The maximum Gasteiger partial charge on any atom is 0.367 e. The van der Waals surface area contributed by atoms with Crippen molar-refractivity contribution < 1.29 is 4.79 Å². The van der Waals surface area contributed by atoms with Crippen LogP contribution in [0, 0.1) is 0 Å². The van der Waals surface area contributed by atoms with Gasteiger partial charge in [0.15, 0.2) is 5.65 Å². The van der Waals surface area contributed by atoms with Gasteiger partial charge in [0.05, 0.1) is 10.7 Å². The first-order valence-electron chi connectivity index (χ1n) is 7.93. The van der Waals surface area contributed by atoms with E-state index in [1.165, 1.54) is 4.52 Å². The number of nitrogens with one attached hydrogen (secondary N) is 1. The van der Waals surface area contributed by atoms with E-state index < -0.39 is 11.6 Å². The topological polar surface area (TPSA) is 81.3 Å².